The number of hydrogen-bond acceptors (Lipinski definition) is 2. The first-order valence-electron chi connectivity index (χ1n) is 8.51. The summed E-state index contributed by atoms with van der Waals surface area (Å²) >= 11 is 0. The highest BCUT2D eigenvalue weighted by Gasteiger charge is 2.28. The Kier molecular flexibility index (Phi) is 3.53. The number of nitriles is 1. The van der Waals surface area contributed by atoms with Gasteiger partial charge in [0.2, 0.25) is 0 Å². The normalized spacial score (nSPS) is 16.7. The third-order valence-corrected chi connectivity index (χ3v) is 5.02. The first-order chi connectivity index (χ1) is 11.3. The van der Waals surface area contributed by atoms with Crippen molar-refractivity contribution in [2.45, 2.75) is 51.0 Å². The molecular weight excluding hydrogens is 284 g/mol. The molecule has 1 heterocycles. The van der Waals surface area contributed by atoms with E-state index in [1.807, 2.05) is 16.7 Å². The molecule has 2 aliphatic rings. The average Bonchev–Trinajstić information content (AvgIpc) is 3.41. The van der Waals surface area contributed by atoms with Gasteiger partial charge in [0, 0.05) is 11.6 Å². The highest BCUT2D eigenvalue weighted by atomic mass is 16.1. The predicted octanol–water partition coefficient (Wildman–Crippen LogP) is 3.80. The number of rotatable bonds is 3. The van der Waals surface area contributed by atoms with Crippen molar-refractivity contribution >= 4 is 0 Å². The molecule has 2 aromatic rings. The van der Waals surface area contributed by atoms with Gasteiger partial charge >= 0.3 is 0 Å². The fourth-order valence-electron chi connectivity index (χ4n) is 3.64. The third kappa shape index (κ3) is 2.59. The molecule has 0 unspecified atom stereocenters. The van der Waals surface area contributed by atoms with E-state index >= 15 is 0 Å². The zero-order valence-electron chi connectivity index (χ0n) is 13.2. The number of benzene rings is 1. The molecule has 116 valence electrons. The summed E-state index contributed by atoms with van der Waals surface area (Å²) in [6.07, 6.45) is 7.17. The van der Waals surface area contributed by atoms with E-state index in [1.165, 1.54) is 30.4 Å². The van der Waals surface area contributed by atoms with Crippen molar-refractivity contribution in [3.8, 4) is 17.3 Å². The van der Waals surface area contributed by atoms with Crippen molar-refractivity contribution in [3.63, 3.8) is 0 Å². The molecule has 0 spiro atoms. The van der Waals surface area contributed by atoms with Crippen LogP contribution in [0.3, 0.4) is 0 Å². The van der Waals surface area contributed by atoms with Gasteiger partial charge in [-0.25, -0.2) is 0 Å². The van der Waals surface area contributed by atoms with Gasteiger partial charge in [0.15, 0.2) is 0 Å². The second-order valence-corrected chi connectivity index (χ2v) is 6.68. The van der Waals surface area contributed by atoms with Crippen LogP contribution in [0.25, 0.3) is 11.3 Å². The smallest absolute Gasteiger partial charge is 0.255 e. The van der Waals surface area contributed by atoms with Crippen molar-refractivity contribution in [3.05, 3.63) is 57.4 Å². The van der Waals surface area contributed by atoms with Crippen LogP contribution in [0.2, 0.25) is 0 Å². The van der Waals surface area contributed by atoms with Crippen molar-refractivity contribution in [2.24, 2.45) is 0 Å². The number of pyridine rings is 1. The summed E-state index contributed by atoms with van der Waals surface area (Å²) < 4.78 is 1.93. The molecule has 0 bridgehead atoms. The van der Waals surface area contributed by atoms with Crippen LogP contribution in [0.5, 0.6) is 0 Å². The Labute approximate surface area is 136 Å². The quantitative estimate of drug-likeness (QED) is 0.866. The molecule has 0 N–H and O–H groups in total. The molecule has 1 aromatic heterocycles. The average molecular weight is 304 g/mol. The van der Waals surface area contributed by atoms with Gasteiger partial charge in [-0.15, -0.1) is 0 Å². The minimum atomic E-state index is 0.0178. The zero-order chi connectivity index (χ0) is 15.8. The van der Waals surface area contributed by atoms with Crippen molar-refractivity contribution < 1.29 is 0 Å². The Morgan fingerprint density at radius 2 is 1.87 bits per heavy atom. The Morgan fingerprint density at radius 1 is 1.09 bits per heavy atom. The topological polar surface area (TPSA) is 45.8 Å². The number of nitrogens with zero attached hydrogens (tertiary/aromatic N) is 2. The second kappa shape index (κ2) is 5.70. The van der Waals surface area contributed by atoms with Gasteiger partial charge in [-0.3, -0.25) is 4.79 Å². The fraction of sp³-hybridized carbons (Fsp3) is 0.400. The molecule has 1 saturated carbocycles. The lowest BCUT2D eigenvalue weighted by atomic mass is 9.90. The van der Waals surface area contributed by atoms with E-state index in [2.05, 4.69) is 24.3 Å². The Balaban J connectivity index is 1.84. The highest BCUT2D eigenvalue weighted by molar-refractivity contribution is 5.62. The predicted molar refractivity (Wildman–Crippen MR) is 90.4 cm³/mol. The number of aryl methyl sites for hydroxylation is 2. The lowest BCUT2D eigenvalue weighted by molar-refractivity contribution is 0.684. The van der Waals surface area contributed by atoms with E-state index in [1.54, 1.807) is 0 Å². The molecule has 2 aliphatic carbocycles. The van der Waals surface area contributed by atoms with E-state index in [-0.39, 0.29) is 12.0 Å². The molecule has 0 aliphatic heterocycles. The van der Waals surface area contributed by atoms with Gasteiger partial charge in [-0.1, -0.05) is 18.2 Å². The lowest BCUT2D eigenvalue weighted by Crippen LogP contribution is -2.24. The van der Waals surface area contributed by atoms with Gasteiger partial charge in [-0.05, 0) is 67.3 Å². The SMILES string of the molecule is N#CCc1ccc(-c2ccc3c(c2)CCCC3)n(C2CC2)c1=O. The van der Waals surface area contributed by atoms with Gasteiger partial charge in [0.1, 0.15) is 0 Å². The van der Waals surface area contributed by atoms with Crippen LogP contribution < -0.4 is 5.56 Å². The van der Waals surface area contributed by atoms with E-state index in [0.29, 0.717) is 11.6 Å². The van der Waals surface area contributed by atoms with Gasteiger partial charge in [-0.2, -0.15) is 5.26 Å². The number of hydrogen-bond donors (Lipinski definition) is 0. The van der Waals surface area contributed by atoms with Crippen LogP contribution in [-0.4, -0.2) is 4.57 Å². The molecule has 0 saturated heterocycles. The summed E-state index contributed by atoms with van der Waals surface area (Å²) in [4.78, 5) is 12.7. The van der Waals surface area contributed by atoms with Crippen molar-refractivity contribution in [1.82, 2.24) is 4.57 Å². The maximum atomic E-state index is 12.7. The van der Waals surface area contributed by atoms with Crippen LogP contribution in [0.1, 0.15) is 48.4 Å². The molecule has 3 nitrogen and oxygen atoms in total. The van der Waals surface area contributed by atoms with Crippen LogP contribution in [-0.2, 0) is 19.3 Å². The minimum Gasteiger partial charge on any atom is -0.305 e. The second-order valence-electron chi connectivity index (χ2n) is 6.68. The van der Waals surface area contributed by atoms with Crippen LogP contribution >= 0.6 is 0 Å². The Hall–Kier alpha value is -2.34. The standard InChI is InChI=1S/C20H20N2O/c21-12-11-15-7-10-19(22(20(15)23)18-8-9-18)17-6-5-14-3-1-2-4-16(14)13-17/h5-7,10,13,18H,1-4,8-9,11H2. The van der Waals surface area contributed by atoms with Gasteiger partial charge in [0.25, 0.3) is 5.56 Å². The summed E-state index contributed by atoms with van der Waals surface area (Å²) in [6.45, 7) is 0. The first kappa shape index (κ1) is 14.3. The molecule has 3 heteroatoms. The maximum absolute atomic E-state index is 12.7. The molecule has 23 heavy (non-hydrogen) atoms. The Bertz CT molecular complexity index is 853. The fourth-order valence-corrected chi connectivity index (χ4v) is 3.64. The number of aromatic nitrogens is 1. The summed E-state index contributed by atoms with van der Waals surface area (Å²) in [5.41, 5.74) is 5.67. The Morgan fingerprint density at radius 3 is 2.61 bits per heavy atom. The van der Waals surface area contributed by atoms with Crippen molar-refractivity contribution in [2.75, 3.05) is 0 Å². The summed E-state index contributed by atoms with van der Waals surface area (Å²) in [7, 11) is 0. The molecule has 0 radical (unpaired) electrons. The van der Waals surface area contributed by atoms with Crippen LogP contribution in [0, 0.1) is 11.3 Å². The van der Waals surface area contributed by atoms with Gasteiger partial charge in [0.05, 0.1) is 18.2 Å². The number of fused-ring (bicyclic) bond motifs is 1. The molecule has 0 amide bonds. The maximum Gasteiger partial charge on any atom is 0.255 e. The zero-order valence-corrected chi connectivity index (χ0v) is 13.2. The van der Waals surface area contributed by atoms with Crippen LogP contribution in [0.15, 0.2) is 35.1 Å². The lowest BCUT2D eigenvalue weighted by Gasteiger charge is -2.19. The van der Waals surface area contributed by atoms with E-state index in [0.717, 1.165) is 30.5 Å². The monoisotopic (exact) mass is 304 g/mol. The summed E-state index contributed by atoms with van der Waals surface area (Å²) in [5.74, 6) is 0. The minimum absolute atomic E-state index is 0.0178. The molecular formula is C20H20N2O. The molecule has 1 aromatic carbocycles. The van der Waals surface area contributed by atoms with E-state index in [9.17, 15) is 4.79 Å². The molecule has 0 atom stereocenters. The summed E-state index contributed by atoms with van der Waals surface area (Å²) in [6, 6.07) is 12.9. The summed E-state index contributed by atoms with van der Waals surface area (Å²) in [5, 5.41) is 8.91. The van der Waals surface area contributed by atoms with Crippen molar-refractivity contribution in [1.29, 1.82) is 5.26 Å². The highest BCUT2D eigenvalue weighted by Crippen LogP contribution is 2.37. The largest absolute Gasteiger partial charge is 0.305 e. The molecule has 1 fully saturated rings. The van der Waals surface area contributed by atoms with E-state index in [4.69, 9.17) is 5.26 Å². The van der Waals surface area contributed by atoms with Crippen LogP contribution in [0.4, 0.5) is 0 Å². The molecule has 4 rings (SSSR count). The van der Waals surface area contributed by atoms with Gasteiger partial charge < -0.3 is 4.57 Å². The first-order valence-corrected chi connectivity index (χ1v) is 8.51. The van der Waals surface area contributed by atoms with E-state index < -0.39 is 0 Å². The third-order valence-electron chi connectivity index (χ3n) is 5.02.